The van der Waals surface area contributed by atoms with Gasteiger partial charge in [-0.2, -0.15) is 5.26 Å². The molecule has 0 heterocycles. The third-order valence-corrected chi connectivity index (χ3v) is 3.00. The lowest BCUT2D eigenvalue weighted by Crippen LogP contribution is -1.92. The van der Waals surface area contributed by atoms with E-state index in [0.29, 0.717) is 0 Å². The number of nitriles is 1. The van der Waals surface area contributed by atoms with Gasteiger partial charge in [0.15, 0.2) is 0 Å². The third kappa shape index (κ3) is 2.70. The van der Waals surface area contributed by atoms with Crippen LogP contribution in [-0.2, 0) is 6.42 Å². The van der Waals surface area contributed by atoms with Gasteiger partial charge in [-0.1, -0.05) is 19.1 Å². The van der Waals surface area contributed by atoms with Crippen molar-refractivity contribution in [2.24, 2.45) is 0 Å². The molecule has 18 heavy (non-hydrogen) atoms. The summed E-state index contributed by atoms with van der Waals surface area (Å²) in [6.07, 6.45) is 1.05. The van der Waals surface area contributed by atoms with Crippen molar-refractivity contribution in [3.05, 3.63) is 59.2 Å². The van der Waals surface area contributed by atoms with E-state index in [0.717, 1.165) is 28.9 Å². The molecule has 0 saturated heterocycles. The van der Waals surface area contributed by atoms with E-state index in [2.05, 4.69) is 42.6 Å². The van der Waals surface area contributed by atoms with Gasteiger partial charge in [0.1, 0.15) is 0 Å². The highest BCUT2D eigenvalue weighted by Gasteiger charge is 1.99. The smallest absolute Gasteiger partial charge is 0.0994 e. The molecule has 0 spiro atoms. The van der Waals surface area contributed by atoms with Crippen LogP contribution in [0, 0.1) is 18.3 Å². The summed E-state index contributed by atoms with van der Waals surface area (Å²) in [6.45, 7) is 4.09. The summed E-state index contributed by atoms with van der Waals surface area (Å²) in [4.78, 5) is 0. The van der Waals surface area contributed by atoms with Crippen LogP contribution in [0.4, 0.5) is 11.4 Å². The summed E-state index contributed by atoms with van der Waals surface area (Å²) in [5.74, 6) is 0. The molecule has 2 heteroatoms. The second kappa shape index (κ2) is 5.37. The number of aryl methyl sites for hydroxylation is 2. The molecule has 1 N–H and O–H groups in total. The van der Waals surface area contributed by atoms with Crippen molar-refractivity contribution in [3.8, 4) is 6.07 Å². The van der Waals surface area contributed by atoms with E-state index in [4.69, 9.17) is 5.26 Å². The first-order valence-electron chi connectivity index (χ1n) is 6.09. The number of nitrogens with zero attached hydrogens (tertiary/aromatic N) is 1. The summed E-state index contributed by atoms with van der Waals surface area (Å²) in [7, 11) is 0. The highest BCUT2D eigenvalue weighted by molar-refractivity contribution is 5.62. The van der Waals surface area contributed by atoms with Crippen molar-refractivity contribution in [2.45, 2.75) is 20.3 Å². The second-order valence-corrected chi connectivity index (χ2v) is 4.32. The van der Waals surface area contributed by atoms with Crippen molar-refractivity contribution in [3.63, 3.8) is 0 Å². The molecule has 2 nitrogen and oxygen atoms in total. The first-order chi connectivity index (χ1) is 8.72. The van der Waals surface area contributed by atoms with Crippen LogP contribution in [0.1, 0.15) is 23.6 Å². The molecule has 0 atom stereocenters. The maximum atomic E-state index is 8.89. The minimum atomic E-state index is 0.724. The van der Waals surface area contributed by atoms with Crippen molar-refractivity contribution < 1.29 is 0 Å². The summed E-state index contributed by atoms with van der Waals surface area (Å²) < 4.78 is 0. The summed E-state index contributed by atoms with van der Waals surface area (Å²) in [6, 6.07) is 16.3. The number of benzene rings is 2. The first kappa shape index (κ1) is 12.2. The molecule has 0 aliphatic heterocycles. The van der Waals surface area contributed by atoms with Crippen LogP contribution in [0.15, 0.2) is 42.5 Å². The summed E-state index contributed by atoms with van der Waals surface area (Å²) >= 11 is 0. The fourth-order valence-electron chi connectivity index (χ4n) is 1.86. The topological polar surface area (TPSA) is 35.8 Å². The first-order valence-corrected chi connectivity index (χ1v) is 6.09. The molecular weight excluding hydrogens is 220 g/mol. The van der Waals surface area contributed by atoms with E-state index in [1.807, 2.05) is 25.1 Å². The Bertz CT molecular complexity index is 577. The monoisotopic (exact) mass is 236 g/mol. The minimum Gasteiger partial charge on any atom is -0.356 e. The fourth-order valence-corrected chi connectivity index (χ4v) is 1.86. The van der Waals surface area contributed by atoms with Crippen LogP contribution in [-0.4, -0.2) is 0 Å². The Morgan fingerprint density at radius 3 is 2.28 bits per heavy atom. The van der Waals surface area contributed by atoms with Crippen molar-refractivity contribution in [1.82, 2.24) is 0 Å². The van der Waals surface area contributed by atoms with Crippen LogP contribution >= 0.6 is 0 Å². The average Bonchev–Trinajstić information content (AvgIpc) is 2.40. The van der Waals surface area contributed by atoms with E-state index in [9.17, 15) is 0 Å². The molecule has 0 unspecified atom stereocenters. The Balaban J connectivity index is 2.18. The molecule has 0 radical (unpaired) electrons. The van der Waals surface area contributed by atoms with Gasteiger partial charge in [0.25, 0.3) is 0 Å². The Morgan fingerprint density at radius 2 is 1.72 bits per heavy atom. The van der Waals surface area contributed by atoms with E-state index in [-0.39, 0.29) is 0 Å². The molecule has 0 bridgehead atoms. The van der Waals surface area contributed by atoms with Gasteiger partial charge in [0.2, 0.25) is 0 Å². The number of hydrogen-bond donors (Lipinski definition) is 1. The van der Waals surface area contributed by atoms with Crippen LogP contribution in [0.3, 0.4) is 0 Å². The Labute approximate surface area is 108 Å². The van der Waals surface area contributed by atoms with Crippen molar-refractivity contribution in [2.75, 3.05) is 5.32 Å². The van der Waals surface area contributed by atoms with Gasteiger partial charge in [-0.25, -0.2) is 0 Å². The molecule has 0 aliphatic carbocycles. The Kier molecular flexibility index (Phi) is 3.64. The van der Waals surface area contributed by atoms with E-state index < -0.39 is 0 Å². The zero-order valence-electron chi connectivity index (χ0n) is 10.7. The van der Waals surface area contributed by atoms with Crippen molar-refractivity contribution >= 4 is 11.4 Å². The molecule has 2 rings (SSSR count). The lowest BCUT2D eigenvalue weighted by molar-refractivity contribution is 1.14. The second-order valence-electron chi connectivity index (χ2n) is 4.32. The molecule has 0 amide bonds. The van der Waals surface area contributed by atoms with Gasteiger partial charge < -0.3 is 5.32 Å². The van der Waals surface area contributed by atoms with Gasteiger partial charge >= 0.3 is 0 Å². The van der Waals surface area contributed by atoms with E-state index >= 15 is 0 Å². The quantitative estimate of drug-likeness (QED) is 0.868. The Hall–Kier alpha value is -2.27. The zero-order chi connectivity index (χ0) is 13.0. The Morgan fingerprint density at radius 1 is 1.06 bits per heavy atom. The molecule has 0 aliphatic rings. The predicted octanol–water partition coefficient (Wildman–Crippen LogP) is 4.17. The number of nitrogens with one attached hydrogen (secondary N) is 1. The van der Waals surface area contributed by atoms with Crippen molar-refractivity contribution in [1.29, 1.82) is 5.26 Å². The van der Waals surface area contributed by atoms with Crippen LogP contribution in [0.25, 0.3) is 0 Å². The van der Waals surface area contributed by atoms with Gasteiger partial charge in [-0.05, 0) is 54.8 Å². The van der Waals surface area contributed by atoms with Crippen LogP contribution in [0.2, 0.25) is 0 Å². The number of anilines is 2. The zero-order valence-corrected chi connectivity index (χ0v) is 10.7. The number of hydrogen-bond acceptors (Lipinski definition) is 2. The molecule has 2 aromatic carbocycles. The van der Waals surface area contributed by atoms with Gasteiger partial charge in [0.05, 0.1) is 11.6 Å². The average molecular weight is 236 g/mol. The van der Waals surface area contributed by atoms with Gasteiger partial charge in [0, 0.05) is 11.4 Å². The molecule has 0 aromatic heterocycles. The minimum absolute atomic E-state index is 0.724. The normalized spacial score (nSPS) is 9.83. The maximum absolute atomic E-state index is 8.89. The molecule has 0 saturated carbocycles. The molecule has 0 fully saturated rings. The lowest BCUT2D eigenvalue weighted by Gasteiger charge is -2.08. The molecule has 90 valence electrons. The standard InChI is InChI=1S/C16H16N2/c1-3-13-4-7-15(8-5-13)18-16-9-6-14(11-17)12(2)10-16/h4-10,18H,3H2,1-2H3. The molecular formula is C16H16N2. The van der Waals surface area contributed by atoms with Gasteiger partial charge in [-0.3, -0.25) is 0 Å². The summed E-state index contributed by atoms with van der Waals surface area (Å²) in [5.41, 5.74) is 5.12. The SMILES string of the molecule is CCc1ccc(Nc2ccc(C#N)c(C)c2)cc1. The largest absolute Gasteiger partial charge is 0.356 e. The fraction of sp³-hybridized carbons (Fsp3) is 0.188. The van der Waals surface area contributed by atoms with Crippen LogP contribution < -0.4 is 5.32 Å². The maximum Gasteiger partial charge on any atom is 0.0994 e. The molecule has 2 aromatic rings. The van der Waals surface area contributed by atoms with E-state index in [1.54, 1.807) is 0 Å². The van der Waals surface area contributed by atoms with Crippen LogP contribution in [0.5, 0.6) is 0 Å². The van der Waals surface area contributed by atoms with E-state index in [1.165, 1.54) is 5.56 Å². The predicted molar refractivity (Wildman–Crippen MR) is 75.0 cm³/mol. The van der Waals surface area contributed by atoms with Gasteiger partial charge in [-0.15, -0.1) is 0 Å². The highest BCUT2D eigenvalue weighted by atomic mass is 14.9. The number of rotatable bonds is 3. The lowest BCUT2D eigenvalue weighted by atomic mass is 10.1. The summed E-state index contributed by atoms with van der Waals surface area (Å²) in [5, 5.41) is 12.2. The highest BCUT2D eigenvalue weighted by Crippen LogP contribution is 2.20. The third-order valence-electron chi connectivity index (χ3n) is 3.00.